The Kier molecular flexibility index (Phi) is 3.97. The minimum Gasteiger partial charge on any atom is -0.488 e. The fourth-order valence-electron chi connectivity index (χ4n) is 3.14. The van der Waals surface area contributed by atoms with Gasteiger partial charge in [0.25, 0.3) is 0 Å². The van der Waals surface area contributed by atoms with Gasteiger partial charge in [0.15, 0.2) is 0 Å². The number of thiophene rings is 1. The molecule has 5 nitrogen and oxygen atoms in total. The third-order valence-electron chi connectivity index (χ3n) is 4.39. The Morgan fingerprint density at radius 3 is 2.62 bits per heavy atom. The van der Waals surface area contributed by atoms with E-state index in [1.807, 2.05) is 10.8 Å². The summed E-state index contributed by atoms with van der Waals surface area (Å²) in [4.78, 5) is 24.0. The summed E-state index contributed by atoms with van der Waals surface area (Å²) in [5.41, 5.74) is 4.14. The first-order chi connectivity index (χ1) is 12.6. The topological polar surface area (TPSA) is 72.8 Å². The zero-order valence-corrected chi connectivity index (χ0v) is 14.6. The van der Waals surface area contributed by atoms with Crippen LogP contribution in [-0.4, -0.2) is 24.2 Å². The molecule has 2 heterocycles. The highest BCUT2D eigenvalue weighted by atomic mass is 32.1. The lowest BCUT2D eigenvalue weighted by Gasteiger charge is -2.21. The van der Waals surface area contributed by atoms with Crippen LogP contribution in [0.4, 0.5) is 0 Å². The lowest BCUT2D eigenvalue weighted by atomic mass is 9.90. The molecule has 0 spiro atoms. The zero-order chi connectivity index (χ0) is 18.3. The highest BCUT2D eigenvalue weighted by Gasteiger charge is 2.25. The van der Waals surface area contributed by atoms with Gasteiger partial charge in [-0.3, -0.25) is 0 Å². The molecule has 0 radical (unpaired) electrons. The van der Waals surface area contributed by atoms with Crippen LogP contribution in [0.5, 0.6) is 5.75 Å². The van der Waals surface area contributed by atoms with Crippen LogP contribution >= 0.6 is 11.3 Å². The van der Waals surface area contributed by atoms with Crippen LogP contribution < -0.4 is 4.74 Å². The van der Waals surface area contributed by atoms with E-state index >= 15 is 0 Å². The standard InChI is InChI=1S/C20H14O5S/c1-24-20(23)13-5-3-2-4-12(13)14-7-18-15(6-16(14)19(21)22)17-10-26-9-11(17)8-25-18/h2-7,9-10H,8H2,1H3,(H,21,22). The van der Waals surface area contributed by atoms with Gasteiger partial charge in [0.2, 0.25) is 0 Å². The van der Waals surface area contributed by atoms with Crippen molar-refractivity contribution >= 4 is 23.3 Å². The molecule has 4 rings (SSSR count). The fraction of sp³-hybridized carbons (Fsp3) is 0.100. The lowest BCUT2D eigenvalue weighted by molar-refractivity contribution is 0.0600. The average Bonchev–Trinajstić information content (AvgIpc) is 3.15. The highest BCUT2D eigenvalue weighted by molar-refractivity contribution is 7.08. The maximum atomic E-state index is 12.1. The molecule has 0 unspecified atom stereocenters. The van der Waals surface area contributed by atoms with Crippen LogP contribution in [0.3, 0.4) is 0 Å². The molecule has 0 saturated heterocycles. The number of esters is 1. The monoisotopic (exact) mass is 366 g/mol. The van der Waals surface area contributed by atoms with Gasteiger partial charge in [-0.15, -0.1) is 0 Å². The van der Waals surface area contributed by atoms with Crippen LogP contribution in [0.2, 0.25) is 0 Å². The SMILES string of the molecule is COC(=O)c1ccccc1-c1cc2c(cc1C(=O)O)-c1cscc1CO2. The maximum absolute atomic E-state index is 12.1. The van der Waals surface area contributed by atoms with Crippen molar-refractivity contribution in [2.24, 2.45) is 0 Å². The first-order valence-electron chi connectivity index (χ1n) is 7.87. The summed E-state index contributed by atoms with van der Waals surface area (Å²) >= 11 is 1.55. The lowest BCUT2D eigenvalue weighted by Crippen LogP contribution is -2.09. The molecule has 0 aliphatic carbocycles. The van der Waals surface area contributed by atoms with Gasteiger partial charge < -0.3 is 14.6 Å². The molecule has 0 bridgehead atoms. The quantitative estimate of drug-likeness (QED) is 0.693. The first kappa shape index (κ1) is 16.4. The van der Waals surface area contributed by atoms with Crippen molar-refractivity contribution in [1.82, 2.24) is 0 Å². The van der Waals surface area contributed by atoms with Gasteiger partial charge in [-0.05, 0) is 34.5 Å². The van der Waals surface area contributed by atoms with Crippen LogP contribution in [0.25, 0.3) is 22.3 Å². The van der Waals surface area contributed by atoms with E-state index in [4.69, 9.17) is 9.47 Å². The number of benzene rings is 2. The molecule has 6 heteroatoms. The van der Waals surface area contributed by atoms with Crippen molar-refractivity contribution < 1.29 is 24.2 Å². The summed E-state index contributed by atoms with van der Waals surface area (Å²) in [6, 6.07) is 10.1. The van der Waals surface area contributed by atoms with Gasteiger partial charge in [-0.2, -0.15) is 11.3 Å². The van der Waals surface area contributed by atoms with Crippen molar-refractivity contribution in [2.45, 2.75) is 6.61 Å². The van der Waals surface area contributed by atoms with Crippen molar-refractivity contribution in [1.29, 1.82) is 0 Å². The predicted octanol–water partition coefficient (Wildman–Crippen LogP) is 4.46. The van der Waals surface area contributed by atoms with E-state index < -0.39 is 11.9 Å². The second-order valence-electron chi connectivity index (χ2n) is 5.84. The van der Waals surface area contributed by atoms with Crippen molar-refractivity contribution in [3.63, 3.8) is 0 Å². The molecule has 0 amide bonds. The van der Waals surface area contributed by atoms with E-state index in [9.17, 15) is 14.7 Å². The van der Waals surface area contributed by atoms with Crippen molar-refractivity contribution in [2.75, 3.05) is 7.11 Å². The average molecular weight is 366 g/mol. The van der Waals surface area contributed by atoms with E-state index in [0.29, 0.717) is 29.0 Å². The molecule has 130 valence electrons. The molecule has 1 N–H and O–H groups in total. The first-order valence-corrected chi connectivity index (χ1v) is 8.81. The number of fused-ring (bicyclic) bond motifs is 3. The molecule has 2 aromatic carbocycles. The molecule has 0 fully saturated rings. The van der Waals surface area contributed by atoms with Gasteiger partial charge in [0.05, 0.1) is 18.2 Å². The number of hydrogen-bond acceptors (Lipinski definition) is 5. The largest absolute Gasteiger partial charge is 0.488 e. The Hall–Kier alpha value is -3.12. The highest BCUT2D eigenvalue weighted by Crippen LogP contribution is 2.43. The molecule has 26 heavy (non-hydrogen) atoms. The number of hydrogen-bond donors (Lipinski definition) is 1. The molecular formula is C20H14O5S. The number of carbonyl (C=O) groups excluding carboxylic acids is 1. The van der Waals surface area contributed by atoms with Gasteiger partial charge in [0, 0.05) is 22.3 Å². The number of carboxylic acid groups (broad SMARTS) is 1. The summed E-state index contributed by atoms with van der Waals surface area (Å²) in [7, 11) is 1.30. The van der Waals surface area contributed by atoms with E-state index in [-0.39, 0.29) is 5.56 Å². The van der Waals surface area contributed by atoms with Crippen LogP contribution in [-0.2, 0) is 11.3 Å². The summed E-state index contributed by atoms with van der Waals surface area (Å²) in [5, 5.41) is 13.7. The Morgan fingerprint density at radius 1 is 1.04 bits per heavy atom. The Morgan fingerprint density at radius 2 is 1.85 bits per heavy atom. The second-order valence-corrected chi connectivity index (χ2v) is 6.58. The predicted molar refractivity (Wildman–Crippen MR) is 97.8 cm³/mol. The Balaban J connectivity index is 1.97. The molecule has 0 atom stereocenters. The third-order valence-corrected chi connectivity index (χ3v) is 5.18. The number of carbonyl (C=O) groups is 2. The zero-order valence-electron chi connectivity index (χ0n) is 13.8. The van der Waals surface area contributed by atoms with E-state index in [1.54, 1.807) is 47.7 Å². The normalized spacial score (nSPS) is 11.9. The van der Waals surface area contributed by atoms with Crippen LogP contribution in [0.1, 0.15) is 26.3 Å². The summed E-state index contributed by atoms with van der Waals surface area (Å²) in [6.07, 6.45) is 0. The summed E-state index contributed by atoms with van der Waals surface area (Å²) in [6.45, 7) is 0.441. The van der Waals surface area contributed by atoms with Gasteiger partial charge in [-0.1, -0.05) is 18.2 Å². The number of ether oxygens (including phenoxy) is 2. The minimum absolute atomic E-state index is 0.114. The molecule has 1 aromatic heterocycles. The van der Waals surface area contributed by atoms with Gasteiger partial charge >= 0.3 is 11.9 Å². The van der Waals surface area contributed by atoms with Gasteiger partial charge in [-0.25, -0.2) is 9.59 Å². The fourth-order valence-corrected chi connectivity index (χ4v) is 3.98. The number of aromatic carboxylic acids is 1. The molecule has 1 aliphatic heterocycles. The molecule has 3 aromatic rings. The smallest absolute Gasteiger partial charge is 0.338 e. The van der Waals surface area contributed by atoms with E-state index in [0.717, 1.165) is 16.7 Å². The molecule has 1 aliphatic rings. The number of methoxy groups -OCH3 is 1. The maximum Gasteiger partial charge on any atom is 0.338 e. The minimum atomic E-state index is -1.06. The second kappa shape index (κ2) is 6.31. The molecular weight excluding hydrogens is 352 g/mol. The summed E-state index contributed by atoms with van der Waals surface area (Å²) < 4.78 is 10.7. The number of carboxylic acids is 1. The van der Waals surface area contributed by atoms with E-state index in [1.165, 1.54) is 7.11 Å². The summed E-state index contributed by atoms with van der Waals surface area (Å²) in [5.74, 6) is -0.976. The third kappa shape index (κ3) is 2.55. The van der Waals surface area contributed by atoms with Crippen LogP contribution in [0, 0.1) is 0 Å². The van der Waals surface area contributed by atoms with Gasteiger partial charge in [0.1, 0.15) is 12.4 Å². The van der Waals surface area contributed by atoms with Crippen molar-refractivity contribution in [3.05, 3.63) is 63.8 Å². The Bertz CT molecular complexity index is 1030. The molecule has 0 saturated carbocycles. The van der Waals surface area contributed by atoms with Crippen molar-refractivity contribution in [3.8, 4) is 28.0 Å². The number of rotatable bonds is 3. The van der Waals surface area contributed by atoms with Crippen LogP contribution in [0.15, 0.2) is 47.2 Å². The van der Waals surface area contributed by atoms with E-state index in [2.05, 4.69) is 0 Å². The Labute approximate surface area is 153 Å².